The average molecular weight is 258 g/mol. The number of hydrogen-bond acceptors (Lipinski definition) is 2. The molecule has 0 aromatic heterocycles. The van der Waals surface area contributed by atoms with Gasteiger partial charge in [-0.05, 0) is 19.3 Å². The van der Waals surface area contributed by atoms with E-state index in [1.807, 2.05) is 0 Å². The highest BCUT2D eigenvalue weighted by Gasteiger charge is 2.02. The highest BCUT2D eigenvalue weighted by Crippen LogP contribution is 2.13. The molecule has 0 aromatic rings. The first-order valence-corrected chi connectivity index (χ1v) is 8.10. The zero-order valence-electron chi connectivity index (χ0n) is 12.4. The Morgan fingerprint density at radius 3 is 1.61 bits per heavy atom. The van der Waals surface area contributed by atoms with Crippen LogP contribution in [0.2, 0.25) is 0 Å². The molecular weight excluding hydrogens is 224 g/mol. The Kier molecular flexibility index (Phi) is 14.9. The van der Waals surface area contributed by atoms with Gasteiger partial charge in [0.2, 0.25) is 0 Å². The summed E-state index contributed by atoms with van der Waals surface area (Å²) in [5.41, 5.74) is 0. The lowest BCUT2D eigenvalue weighted by atomic mass is 10.0. The first-order valence-electron chi connectivity index (χ1n) is 8.10. The van der Waals surface area contributed by atoms with Gasteiger partial charge >= 0.3 is 0 Å². The number of unbranched alkanes of at least 4 members (excludes halogenated alkanes) is 9. The molecule has 0 bridgehead atoms. The lowest BCUT2D eigenvalue weighted by Crippen LogP contribution is -2.05. The summed E-state index contributed by atoms with van der Waals surface area (Å²) in [6.07, 6.45) is 15.4. The predicted octanol–water partition coefficient (Wildman–Crippen LogP) is 4.43. The van der Waals surface area contributed by atoms with Crippen LogP contribution in [0.4, 0.5) is 0 Å². The van der Waals surface area contributed by atoms with E-state index in [1.54, 1.807) is 0 Å². The van der Waals surface area contributed by atoms with Crippen LogP contribution < -0.4 is 0 Å². The van der Waals surface area contributed by atoms with E-state index in [0.717, 1.165) is 19.3 Å². The summed E-state index contributed by atoms with van der Waals surface area (Å²) in [4.78, 5) is 0. The SMILES string of the molecule is CCCCCC(O)CCCCCCCCCCO. The Bertz CT molecular complexity index is 148. The molecule has 2 heteroatoms. The van der Waals surface area contributed by atoms with Crippen LogP contribution in [0, 0.1) is 0 Å². The summed E-state index contributed by atoms with van der Waals surface area (Å²) < 4.78 is 0. The number of rotatable bonds is 14. The van der Waals surface area contributed by atoms with E-state index in [0.29, 0.717) is 6.61 Å². The van der Waals surface area contributed by atoms with Gasteiger partial charge in [-0.3, -0.25) is 0 Å². The quantitative estimate of drug-likeness (QED) is 0.452. The fraction of sp³-hybridized carbons (Fsp3) is 1.00. The molecule has 0 aliphatic rings. The maximum absolute atomic E-state index is 9.75. The van der Waals surface area contributed by atoms with E-state index in [-0.39, 0.29) is 6.10 Å². The third-order valence-corrected chi connectivity index (χ3v) is 3.59. The van der Waals surface area contributed by atoms with Crippen molar-refractivity contribution in [1.82, 2.24) is 0 Å². The molecule has 0 saturated heterocycles. The molecule has 18 heavy (non-hydrogen) atoms. The van der Waals surface area contributed by atoms with E-state index in [4.69, 9.17) is 5.11 Å². The van der Waals surface area contributed by atoms with Crippen molar-refractivity contribution in [2.45, 2.75) is 96.5 Å². The van der Waals surface area contributed by atoms with Gasteiger partial charge in [-0.2, -0.15) is 0 Å². The molecule has 0 aromatic carbocycles. The molecule has 110 valence electrons. The smallest absolute Gasteiger partial charge is 0.0540 e. The molecule has 2 N–H and O–H groups in total. The maximum Gasteiger partial charge on any atom is 0.0540 e. The zero-order valence-corrected chi connectivity index (χ0v) is 12.4. The molecule has 0 rings (SSSR count). The van der Waals surface area contributed by atoms with Crippen molar-refractivity contribution < 1.29 is 10.2 Å². The van der Waals surface area contributed by atoms with Crippen LogP contribution in [0.3, 0.4) is 0 Å². The van der Waals surface area contributed by atoms with Gasteiger partial charge in [0.05, 0.1) is 6.10 Å². The maximum atomic E-state index is 9.75. The Hall–Kier alpha value is -0.0800. The highest BCUT2D eigenvalue weighted by molar-refractivity contribution is 4.56. The Balaban J connectivity index is 3.05. The molecule has 0 saturated carbocycles. The first-order chi connectivity index (χ1) is 8.81. The van der Waals surface area contributed by atoms with Crippen molar-refractivity contribution in [3.05, 3.63) is 0 Å². The molecule has 1 atom stereocenters. The number of aliphatic hydroxyl groups excluding tert-OH is 2. The minimum absolute atomic E-state index is 0.0545. The topological polar surface area (TPSA) is 40.5 Å². The molecule has 1 unspecified atom stereocenters. The fourth-order valence-corrected chi connectivity index (χ4v) is 2.33. The van der Waals surface area contributed by atoms with Gasteiger partial charge in [-0.15, -0.1) is 0 Å². The van der Waals surface area contributed by atoms with E-state index in [1.165, 1.54) is 64.2 Å². The molecular formula is C16H34O2. The second-order valence-electron chi connectivity index (χ2n) is 5.49. The second kappa shape index (κ2) is 15.0. The van der Waals surface area contributed by atoms with Crippen molar-refractivity contribution in [2.24, 2.45) is 0 Å². The fourth-order valence-electron chi connectivity index (χ4n) is 2.33. The number of hydrogen-bond donors (Lipinski definition) is 2. The Labute approximate surface area is 114 Å². The van der Waals surface area contributed by atoms with E-state index in [9.17, 15) is 5.11 Å². The summed E-state index contributed by atoms with van der Waals surface area (Å²) in [6, 6.07) is 0. The monoisotopic (exact) mass is 258 g/mol. The van der Waals surface area contributed by atoms with Gasteiger partial charge in [-0.1, -0.05) is 71.1 Å². The van der Waals surface area contributed by atoms with Crippen LogP contribution in [0.1, 0.15) is 90.4 Å². The van der Waals surface area contributed by atoms with Gasteiger partial charge < -0.3 is 10.2 Å². The molecule has 0 spiro atoms. The molecule has 0 fully saturated rings. The highest BCUT2D eigenvalue weighted by atomic mass is 16.3. The van der Waals surface area contributed by atoms with Crippen LogP contribution in [0.15, 0.2) is 0 Å². The molecule has 0 radical (unpaired) electrons. The van der Waals surface area contributed by atoms with E-state index in [2.05, 4.69) is 6.92 Å². The lowest BCUT2D eigenvalue weighted by Gasteiger charge is -2.09. The first kappa shape index (κ1) is 17.9. The predicted molar refractivity (Wildman–Crippen MR) is 78.8 cm³/mol. The molecule has 0 aliphatic heterocycles. The normalized spacial score (nSPS) is 12.8. The van der Waals surface area contributed by atoms with Gasteiger partial charge in [0, 0.05) is 6.61 Å². The van der Waals surface area contributed by atoms with Gasteiger partial charge in [0.25, 0.3) is 0 Å². The zero-order chi connectivity index (χ0) is 13.5. The molecule has 0 heterocycles. The van der Waals surface area contributed by atoms with Crippen LogP contribution in [0.25, 0.3) is 0 Å². The van der Waals surface area contributed by atoms with Crippen LogP contribution in [-0.2, 0) is 0 Å². The second-order valence-corrected chi connectivity index (χ2v) is 5.49. The molecule has 0 amide bonds. The summed E-state index contributed by atoms with van der Waals surface area (Å²) in [5.74, 6) is 0. The lowest BCUT2D eigenvalue weighted by molar-refractivity contribution is 0.147. The van der Waals surface area contributed by atoms with Crippen molar-refractivity contribution in [3.63, 3.8) is 0 Å². The third-order valence-electron chi connectivity index (χ3n) is 3.59. The van der Waals surface area contributed by atoms with E-state index < -0.39 is 0 Å². The Morgan fingerprint density at radius 1 is 0.667 bits per heavy atom. The summed E-state index contributed by atoms with van der Waals surface area (Å²) >= 11 is 0. The summed E-state index contributed by atoms with van der Waals surface area (Å²) in [5, 5.41) is 18.4. The minimum atomic E-state index is -0.0545. The third kappa shape index (κ3) is 14.0. The van der Waals surface area contributed by atoms with Gasteiger partial charge in [0.1, 0.15) is 0 Å². The van der Waals surface area contributed by atoms with Crippen LogP contribution >= 0.6 is 0 Å². The van der Waals surface area contributed by atoms with Crippen LogP contribution in [-0.4, -0.2) is 22.9 Å². The van der Waals surface area contributed by atoms with Crippen LogP contribution in [0.5, 0.6) is 0 Å². The number of aliphatic hydroxyl groups is 2. The van der Waals surface area contributed by atoms with Gasteiger partial charge in [-0.25, -0.2) is 0 Å². The molecule has 2 nitrogen and oxygen atoms in total. The van der Waals surface area contributed by atoms with Crippen molar-refractivity contribution in [1.29, 1.82) is 0 Å². The Morgan fingerprint density at radius 2 is 1.11 bits per heavy atom. The molecule has 0 aliphatic carbocycles. The van der Waals surface area contributed by atoms with Crippen molar-refractivity contribution in [2.75, 3.05) is 6.61 Å². The van der Waals surface area contributed by atoms with E-state index >= 15 is 0 Å². The van der Waals surface area contributed by atoms with Gasteiger partial charge in [0.15, 0.2) is 0 Å². The van der Waals surface area contributed by atoms with Crippen molar-refractivity contribution >= 4 is 0 Å². The minimum Gasteiger partial charge on any atom is -0.396 e. The average Bonchev–Trinajstić information content (AvgIpc) is 2.37. The standard InChI is InChI=1S/C16H34O2/c1-2-3-10-13-16(18)14-11-8-6-4-5-7-9-12-15-17/h16-18H,2-15H2,1H3. The largest absolute Gasteiger partial charge is 0.396 e. The summed E-state index contributed by atoms with van der Waals surface area (Å²) in [6.45, 7) is 2.54. The van der Waals surface area contributed by atoms with Crippen molar-refractivity contribution in [3.8, 4) is 0 Å². The summed E-state index contributed by atoms with van der Waals surface area (Å²) in [7, 11) is 0.